The molecule has 5 heterocycles. The molecular formula is C19H25NO5. The van der Waals surface area contributed by atoms with Crippen molar-refractivity contribution in [3.05, 3.63) is 22.9 Å². The van der Waals surface area contributed by atoms with Gasteiger partial charge >= 0.3 is 5.97 Å². The molecule has 0 amide bonds. The maximum atomic E-state index is 12.0. The fourth-order valence-corrected chi connectivity index (χ4v) is 5.65. The molecule has 0 saturated carbocycles. The first-order valence-electron chi connectivity index (χ1n) is 9.38. The lowest BCUT2D eigenvalue weighted by molar-refractivity contribution is -0.210. The minimum Gasteiger partial charge on any atom is -0.492 e. The highest BCUT2D eigenvalue weighted by Crippen LogP contribution is 2.59. The van der Waals surface area contributed by atoms with Gasteiger partial charge in [-0.1, -0.05) is 6.92 Å². The van der Waals surface area contributed by atoms with E-state index in [4.69, 9.17) is 18.9 Å². The number of hydrogen-bond donors (Lipinski definition) is 0. The summed E-state index contributed by atoms with van der Waals surface area (Å²) >= 11 is 0. The van der Waals surface area contributed by atoms with E-state index in [1.807, 2.05) is 0 Å². The van der Waals surface area contributed by atoms with Gasteiger partial charge in [0.25, 0.3) is 0 Å². The second kappa shape index (κ2) is 5.24. The Labute approximate surface area is 147 Å². The smallest absolute Gasteiger partial charge is 0.343 e. The number of rotatable bonds is 1. The SMILES string of the molecule is COC1=C(C)C(=O)O/C1=C1/O[C@@]23CCCN4CCC[C@@H](O2)[C@H]4[C@H]3[C@@H]1C. The predicted molar refractivity (Wildman–Crippen MR) is 88.0 cm³/mol. The standard InChI is InChI=1S/C19H25NO5/c1-10-13-14-12-6-4-8-20(14)9-5-7-19(13,24-12)25-16(10)17-15(22-3)11(2)18(21)23-17/h10,12-14H,4-9H2,1-3H3/b17-16+/t10-,12+,13+,14-,19+/m0/s1. The Balaban J connectivity index is 1.59. The van der Waals surface area contributed by atoms with Crippen LogP contribution in [0.2, 0.25) is 0 Å². The summed E-state index contributed by atoms with van der Waals surface area (Å²) in [7, 11) is 1.57. The average Bonchev–Trinajstić information content (AvgIpc) is 3.11. The highest BCUT2D eigenvalue weighted by molar-refractivity contribution is 5.93. The van der Waals surface area contributed by atoms with Crippen LogP contribution in [0.15, 0.2) is 22.9 Å². The fraction of sp³-hybridized carbons (Fsp3) is 0.737. The van der Waals surface area contributed by atoms with Gasteiger partial charge in [-0.3, -0.25) is 4.90 Å². The predicted octanol–water partition coefficient (Wildman–Crippen LogP) is 2.31. The Morgan fingerprint density at radius 3 is 2.88 bits per heavy atom. The molecule has 0 radical (unpaired) electrons. The third-order valence-electron chi connectivity index (χ3n) is 6.64. The van der Waals surface area contributed by atoms with Gasteiger partial charge in [0.15, 0.2) is 5.76 Å². The van der Waals surface area contributed by atoms with E-state index >= 15 is 0 Å². The van der Waals surface area contributed by atoms with Crippen molar-refractivity contribution in [2.24, 2.45) is 11.8 Å². The van der Waals surface area contributed by atoms with E-state index in [-0.39, 0.29) is 23.9 Å². The van der Waals surface area contributed by atoms with Crippen LogP contribution in [-0.4, -0.2) is 49.0 Å². The lowest BCUT2D eigenvalue weighted by Gasteiger charge is -2.39. The van der Waals surface area contributed by atoms with Crippen LogP contribution in [0.3, 0.4) is 0 Å². The second-order valence-electron chi connectivity index (χ2n) is 7.90. The Hall–Kier alpha value is -1.53. The topological polar surface area (TPSA) is 57.2 Å². The maximum absolute atomic E-state index is 12.0. The molecule has 0 unspecified atom stereocenters. The first-order chi connectivity index (χ1) is 12.1. The summed E-state index contributed by atoms with van der Waals surface area (Å²) in [5.74, 6) is 1.15. The van der Waals surface area contributed by atoms with Crippen molar-refractivity contribution in [1.29, 1.82) is 0 Å². The molecule has 0 aromatic heterocycles. The van der Waals surface area contributed by atoms with Crippen LogP contribution in [0.5, 0.6) is 0 Å². The van der Waals surface area contributed by atoms with Crippen LogP contribution < -0.4 is 0 Å². The molecule has 25 heavy (non-hydrogen) atoms. The van der Waals surface area contributed by atoms with E-state index in [0.717, 1.165) is 38.1 Å². The van der Waals surface area contributed by atoms with Crippen molar-refractivity contribution in [2.75, 3.05) is 20.2 Å². The zero-order chi connectivity index (χ0) is 17.3. The summed E-state index contributed by atoms with van der Waals surface area (Å²) in [5, 5.41) is 0. The minimum absolute atomic E-state index is 0.132. The number of nitrogens with zero attached hydrogens (tertiary/aromatic N) is 1. The molecule has 2 bridgehead atoms. The summed E-state index contributed by atoms with van der Waals surface area (Å²) in [6.45, 7) is 6.17. The lowest BCUT2D eigenvalue weighted by Crippen LogP contribution is -2.49. The number of ether oxygens (including phenoxy) is 4. The third kappa shape index (κ3) is 1.95. The van der Waals surface area contributed by atoms with Crippen molar-refractivity contribution < 1.29 is 23.7 Å². The Morgan fingerprint density at radius 2 is 2.08 bits per heavy atom. The molecule has 5 rings (SSSR count). The second-order valence-corrected chi connectivity index (χ2v) is 7.90. The summed E-state index contributed by atoms with van der Waals surface area (Å²) in [6.07, 6.45) is 4.53. The molecule has 5 atom stereocenters. The van der Waals surface area contributed by atoms with Gasteiger partial charge in [-0.2, -0.15) is 0 Å². The van der Waals surface area contributed by atoms with Gasteiger partial charge in [0.1, 0.15) is 5.76 Å². The number of carbonyl (C=O) groups excluding carboxylic acids is 1. The van der Waals surface area contributed by atoms with Crippen LogP contribution in [0, 0.1) is 11.8 Å². The van der Waals surface area contributed by atoms with E-state index < -0.39 is 5.79 Å². The van der Waals surface area contributed by atoms with Gasteiger partial charge in [-0.15, -0.1) is 0 Å². The van der Waals surface area contributed by atoms with E-state index in [0.29, 0.717) is 23.1 Å². The molecule has 0 aromatic carbocycles. The average molecular weight is 347 g/mol. The van der Waals surface area contributed by atoms with Crippen molar-refractivity contribution in [2.45, 2.75) is 57.5 Å². The van der Waals surface area contributed by atoms with Crippen LogP contribution in [-0.2, 0) is 23.7 Å². The van der Waals surface area contributed by atoms with Gasteiger partial charge in [0.05, 0.1) is 24.7 Å². The largest absolute Gasteiger partial charge is 0.492 e. The number of hydrogen-bond acceptors (Lipinski definition) is 6. The molecule has 0 spiro atoms. The van der Waals surface area contributed by atoms with Crippen molar-refractivity contribution in [1.82, 2.24) is 4.90 Å². The normalized spacial score (nSPS) is 46.0. The Kier molecular flexibility index (Phi) is 3.29. The summed E-state index contributed by atoms with van der Waals surface area (Å²) in [4.78, 5) is 14.6. The van der Waals surface area contributed by atoms with Crippen LogP contribution in [0.25, 0.3) is 0 Å². The molecule has 0 aliphatic carbocycles. The van der Waals surface area contributed by atoms with Crippen LogP contribution >= 0.6 is 0 Å². The van der Waals surface area contributed by atoms with E-state index in [2.05, 4.69) is 11.8 Å². The molecule has 5 aliphatic heterocycles. The number of methoxy groups -OCH3 is 1. The molecule has 0 N–H and O–H groups in total. The quantitative estimate of drug-likeness (QED) is 0.679. The first-order valence-corrected chi connectivity index (χ1v) is 9.38. The molecule has 5 aliphatic rings. The number of esters is 1. The Bertz CT molecular complexity index is 692. The first kappa shape index (κ1) is 15.7. The van der Waals surface area contributed by atoms with Gasteiger partial charge < -0.3 is 18.9 Å². The zero-order valence-electron chi connectivity index (χ0n) is 15.0. The number of carbonyl (C=O) groups is 1. The molecule has 6 heteroatoms. The molecule has 0 aromatic rings. The Morgan fingerprint density at radius 1 is 1.28 bits per heavy atom. The zero-order valence-corrected chi connectivity index (χ0v) is 15.0. The van der Waals surface area contributed by atoms with Crippen molar-refractivity contribution in [3.8, 4) is 0 Å². The highest BCUT2D eigenvalue weighted by atomic mass is 16.7. The van der Waals surface area contributed by atoms with Gasteiger partial charge in [0.2, 0.25) is 11.5 Å². The monoisotopic (exact) mass is 347 g/mol. The molecule has 136 valence electrons. The van der Waals surface area contributed by atoms with E-state index in [1.54, 1.807) is 14.0 Å². The molecule has 6 nitrogen and oxygen atoms in total. The molecular weight excluding hydrogens is 322 g/mol. The van der Waals surface area contributed by atoms with Crippen molar-refractivity contribution >= 4 is 5.97 Å². The summed E-state index contributed by atoms with van der Waals surface area (Å²) in [6, 6.07) is 0.400. The fourth-order valence-electron chi connectivity index (χ4n) is 5.65. The van der Waals surface area contributed by atoms with E-state index in [9.17, 15) is 4.79 Å². The number of allylic oxidation sites excluding steroid dienone is 1. The van der Waals surface area contributed by atoms with Gasteiger partial charge in [-0.05, 0) is 39.3 Å². The lowest BCUT2D eigenvalue weighted by atomic mass is 9.79. The summed E-state index contributed by atoms with van der Waals surface area (Å²) in [5.41, 5.74) is 0.497. The number of piperidine rings is 1. The third-order valence-corrected chi connectivity index (χ3v) is 6.64. The van der Waals surface area contributed by atoms with Crippen LogP contribution in [0.4, 0.5) is 0 Å². The van der Waals surface area contributed by atoms with Gasteiger partial charge in [-0.25, -0.2) is 4.79 Å². The summed E-state index contributed by atoms with van der Waals surface area (Å²) < 4.78 is 24.0. The van der Waals surface area contributed by atoms with Crippen LogP contribution in [0.1, 0.15) is 39.5 Å². The number of cyclic esters (lactones) is 1. The highest BCUT2D eigenvalue weighted by Gasteiger charge is 2.67. The van der Waals surface area contributed by atoms with Gasteiger partial charge in [0, 0.05) is 18.4 Å². The minimum atomic E-state index is -0.572. The van der Waals surface area contributed by atoms with E-state index in [1.165, 1.54) is 6.42 Å². The van der Waals surface area contributed by atoms with Crippen molar-refractivity contribution in [3.63, 3.8) is 0 Å². The maximum Gasteiger partial charge on any atom is 0.343 e. The molecule has 4 saturated heterocycles. The molecule has 4 fully saturated rings.